The predicted molar refractivity (Wildman–Crippen MR) is 81.5 cm³/mol. The molecule has 2 rings (SSSR count). The second-order valence-corrected chi connectivity index (χ2v) is 5.32. The van der Waals surface area contributed by atoms with Crippen molar-refractivity contribution in [3.63, 3.8) is 0 Å². The third-order valence-electron chi connectivity index (χ3n) is 3.05. The van der Waals surface area contributed by atoms with Gasteiger partial charge >= 0.3 is 5.97 Å². The number of aliphatic carboxylic acids is 1. The number of nitriles is 1. The zero-order valence-electron chi connectivity index (χ0n) is 11.0. The van der Waals surface area contributed by atoms with E-state index in [-0.39, 0.29) is 6.42 Å². The van der Waals surface area contributed by atoms with Gasteiger partial charge in [-0.2, -0.15) is 5.26 Å². The number of aryl methyl sites for hydroxylation is 1. The Balaban J connectivity index is 2.32. The molecule has 0 saturated carbocycles. The van der Waals surface area contributed by atoms with Crippen molar-refractivity contribution in [3.8, 4) is 17.2 Å². The minimum atomic E-state index is -0.833. The monoisotopic (exact) mass is 322 g/mol. The van der Waals surface area contributed by atoms with Gasteiger partial charge in [-0.25, -0.2) is 0 Å². The molecular formula is C15H12Cl2N2O2. The second-order valence-electron chi connectivity index (χ2n) is 4.53. The molecule has 0 saturated heterocycles. The lowest BCUT2D eigenvalue weighted by Crippen LogP contribution is -1.99. The van der Waals surface area contributed by atoms with Crippen molar-refractivity contribution in [1.29, 1.82) is 5.26 Å². The number of nitrogens with zero attached hydrogens (tertiary/aromatic N) is 2. The van der Waals surface area contributed by atoms with E-state index in [1.165, 1.54) is 0 Å². The average molecular weight is 323 g/mol. The van der Waals surface area contributed by atoms with Gasteiger partial charge in [0.2, 0.25) is 0 Å². The van der Waals surface area contributed by atoms with E-state index in [0.29, 0.717) is 39.7 Å². The van der Waals surface area contributed by atoms with Crippen LogP contribution in [0.4, 0.5) is 0 Å². The van der Waals surface area contributed by atoms with Crippen molar-refractivity contribution in [2.24, 2.45) is 0 Å². The van der Waals surface area contributed by atoms with Gasteiger partial charge < -0.3 is 9.67 Å². The fourth-order valence-corrected chi connectivity index (χ4v) is 2.47. The summed E-state index contributed by atoms with van der Waals surface area (Å²) >= 11 is 12.2. The lowest BCUT2D eigenvalue weighted by Gasteiger charge is -2.04. The fraction of sp³-hybridized carbons (Fsp3) is 0.200. The smallest absolute Gasteiger partial charge is 0.303 e. The molecule has 1 N–H and O–H groups in total. The summed E-state index contributed by atoms with van der Waals surface area (Å²) in [5.74, 6) is -0.833. The lowest BCUT2D eigenvalue weighted by atomic mass is 10.1. The minimum Gasteiger partial charge on any atom is -0.481 e. The molecule has 0 aliphatic carbocycles. The van der Waals surface area contributed by atoms with E-state index in [9.17, 15) is 10.1 Å². The number of carboxylic acids is 1. The molecular weight excluding hydrogens is 311 g/mol. The van der Waals surface area contributed by atoms with Crippen molar-refractivity contribution in [1.82, 2.24) is 4.57 Å². The summed E-state index contributed by atoms with van der Waals surface area (Å²) in [4.78, 5) is 10.5. The summed E-state index contributed by atoms with van der Waals surface area (Å²) < 4.78 is 1.80. The van der Waals surface area contributed by atoms with Crippen LogP contribution in [0.15, 0.2) is 30.6 Å². The third-order valence-corrected chi connectivity index (χ3v) is 3.87. The molecule has 1 heterocycles. The van der Waals surface area contributed by atoms with E-state index in [4.69, 9.17) is 28.3 Å². The summed E-state index contributed by atoms with van der Waals surface area (Å²) in [5.41, 5.74) is 1.87. The molecule has 0 fully saturated rings. The lowest BCUT2D eigenvalue weighted by molar-refractivity contribution is -0.137. The highest BCUT2D eigenvalue weighted by Gasteiger charge is 2.13. The fourth-order valence-electron chi connectivity index (χ4n) is 2.07. The molecule has 4 nitrogen and oxygen atoms in total. The standard InChI is InChI=1S/C15H12Cl2N2O2/c16-13-4-1-3-11(15(13)17)12-9-19(8-10(12)7-18)6-2-5-14(20)21/h1,3-4,8-9H,2,5-6H2,(H,20,21). The molecule has 0 amide bonds. The number of hydrogen-bond donors (Lipinski definition) is 1. The minimum absolute atomic E-state index is 0.0906. The van der Waals surface area contributed by atoms with Crippen LogP contribution in [0.25, 0.3) is 11.1 Å². The van der Waals surface area contributed by atoms with Crippen LogP contribution >= 0.6 is 23.2 Å². The molecule has 0 radical (unpaired) electrons. The normalized spacial score (nSPS) is 10.3. The SMILES string of the molecule is N#Cc1cn(CCCC(=O)O)cc1-c1cccc(Cl)c1Cl. The summed E-state index contributed by atoms with van der Waals surface area (Å²) in [6.45, 7) is 0.527. The van der Waals surface area contributed by atoms with Gasteiger partial charge in [-0.15, -0.1) is 0 Å². The number of carboxylic acid groups (broad SMARTS) is 1. The Morgan fingerprint density at radius 2 is 2.05 bits per heavy atom. The molecule has 0 atom stereocenters. The molecule has 21 heavy (non-hydrogen) atoms. The topological polar surface area (TPSA) is 66.0 Å². The van der Waals surface area contributed by atoms with Crippen molar-refractivity contribution in [3.05, 3.63) is 46.2 Å². The van der Waals surface area contributed by atoms with E-state index in [2.05, 4.69) is 6.07 Å². The van der Waals surface area contributed by atoms with E-state index in [0.717, 1.165) is 0 Å². The Bertz CT molecular complexity index is 717. The molecule has 0 aliphatic heterocycles. The highest BCUT2D eigenvalue weighted by Crippen LogP contribution is 2.35. The van der Waals surface area contributed by atoms with Gasteiger partial charge in [-0.3, -0.25) is 4.79 Å². The number of rotatable bonds is 5. The quantitative estimate of drug-likeness (QED) is 0.897. The van der Waals surface area contributed by atoms with Crippen molar-refractivity contribution in [2.45, 2.75) is 19.4 Å². The molecule has 0 unspecified atom stereocenters. The first-order chi connectivity index (χ1) is 10.0. The Morgan fingerprint density at radius 3 is 2.71 bits per heavy atom. The molecule has 0 aliphatic rings. The molecule has 6 heteroatoms. The molecule has 1 aromatic carbocycles. The molecule has 1 aromatic heterocycles. The maximum absolute atomic E-state index is 10.5. The van der Waals surface area contributed by atoms with Gasteiger partial charge in [0.05, 0.1) is 15.6 Å². The van der Waals surface area contributed by atoms with Crippen LogP contribution < -0.4 is 0 Å². The molecule has 108 valence electrons. The Hall–Kier alpha value is -1.96. The maximum Gasteiger partial charge on any atom is 0.303 e. The Morgan fingerprint density at radius 1 is 1.29 bits per heavy atom. The van der Waals surface area contributed by atoms with Crippen LogP contribution in [-0.4, -0.2) is 15.6 Å². The van der Waals surface area contributed by atoms with Crippen LogP contribution in [-0.2, 0) is 11.3 Å². The van der Waals surface area contributed by atoms with Crippen molar-refractivity contribution < 1.29 is 9.90 Å². The van der Waals surface area contributed by atoms with E-state index in [1.807, 2.05) is 0 Å². The van der Waals surface area contributed by atoms with Crippen LogP contribution in [0.3, 0.4) is 0 Å². The molecule has 0 spiro atoms. The van der Waals surface area contributed by atoms with Crippen LogP contribution in [0.5, 0.6) is 0 Å². The zero-order valence-corrected chi connectivity index (χ0v) is 12.5. The van der Waals surface area contributed by atoms with Gasteiger partial charge in [0.1, 0.15) is 6.07 Å². The van der Waals surface area contributed by atoms with Crippen LogP contribution in [0.1, 0.15) is 18.4 Å². The first-order valence-corrected chi connectivity index (χ1v) is 7.04. The van der Waals surface area contributed by atoms with E-state index in [1.54, 1.807) is 35.2 Å². The first kappa shape index (κ1) is 15.4. The summed E-state index contributed by atoms with van der Waals surface area (Å²) in [6, 6.07) is 7.37. The van der Waals surface area contributed by atoms with Gasteiger partial charge in [0, 0.05) is 36.5 Å². The van der Waals surface area contributed by atoms with Gasteiger partial charge in [-0.1, -0.05) is 35.3 Å². The largest absolute Gasteiger partial charge is 0.481 e. The third kappa shape index (κ3) is 3.57. The number of carbonyl (C=O) groups is 1. The number of halogens is 2. The van der Waals surface area contributed by atoms with Gasteiger partial charge in [0.15, 0.2) is 0 Å². The summed E-state index contributed by atoms with van der Waals surface area (Å²) in [5, 5.41) is 18.7. The predicted octanol–water partition coefficient (Wildman–Crippen LogP) is 4.20. The highest BCUT2D eigenvalue weighted by atomic mass is 35.5. The average Bonchev–Trinajstić information content (AvgIpc) is 2.84. The molecule has 2 aromatic rings. The summed E-state index contributed by atoms with van der Waals surface area (Å²) in [7, 11) is 0. The van der Waals surface area contributed by atoms with Crippen molar-refractivity contribution >= 4 is 29.2 Å². The Labute approximate surface area is 132 Å². The van der Waals surface area contributed by atoms with E-state index >= 15 is 0 Å². The first-order valence-electron chi connectivity index (χ1n) is 6.29. The summed E-state index contributed by atoms with van der Waals surface area (Å²) in [6.07, 6.45) is 4.07. The number of hydrogen-bond acceptors (Lipinski definition) is 2. The Kier molecular flexibility index (Phi) is 4.89. The van der Waals surface area contributed by atoms with Crippen molar-refractivity contribution in [2.75, 3.05) is 0 Å². The van der Waals surface area contributed by atoms with Crippen LogP contribution in [0, 0.1) is 11.3 Å². The zero-order chi connectivity index (χ0) is 15.4. The molecule has 0 bridgehead atoms. The van der Waals surface area contributed by atoms with E-state index < -0.39 is 5.97 Å². The second kappa shape index (κ2) is 6.66. The van der Waals surface area contributed by atoms with Gasteiger partial charge in [-0.05, 0) is 12.5 Å². The number of benzene rings is 1. The highest BCUT2D eigenvalue weighted by molar-refractivity contribution is 6.43. The maximum atomic E-state index is 10.5. The number of aromatic nitrogens is 1. The van der Waals surface area contributed by atoms with Crippen LogP contribution in [0.2, 0.25) is 10.0 Å². The van der Waals surface area contributed by atoms with Gasteiger partial charge in [0.25, 0.3) is 0 Å².